The molecular formula is C22H38O4. The first kappa shape index (κ1) is 24.6. The molecule has 26 heavy (non-hydrogen) atoms. The lowest BCUT2D eigenvalue weighted by Gasteiger charge is -2.27. The number of aliphatic carboxylic acids is 1. The maximum atomic E-state index is 11.6. The van der Waals surface area contributed by atoms with Crippen LogP contribution in [0.4, 0.5) is 0 Å². The maximum Gasteiger partial charge on any atom is 0.309 e. The molecule has 0 aliphatic heterocycles. The minimum absolute atomic E-state index is 0.0617. The zero-order chi connectivity index (χ0) is 19.6. The number of carboxylic acids is 1. The summed E-state index contributed by atoms with van der Waals surface area (Å²) < 4.78 is 0. The van der Waals surface area contributed by atoms with Crippen LogP contribution in [-0.4, -0.2) is 34.0 Å². The molecule has 3 atom stereocenters. The van der Waals surface area contributed by atoms with Gasteiger partial charge in [-0.05, 0) is 50.9 Å². The predicted octanol–water partition coefficient (Wildman–Crippen LogP) is 4.88. The molecule has 0 spiro atoms. The van der Waals surface area contributed by atoms with Gasteiger partial charge in [-0.1, -0.05) is 63.1 Å². The largest absolute Gasteiger partial charge is 0.481 e. The van der Waals surface area contributed by atoms with Crippen LogP contribution in [0.15, 0.2) is 36.5 Å². The van der Waals surface area contributed by atoms with Crippen molar-refractivity contribution in [3.05, 3.63) is 36.5 Å². The first-order valence-electron chi connectivity index (χ1n) is 10.0. The normalized spacial score (nSPS) is 15.8. The van der Waals surface area contributed by atoms with Crippen LogP contribution in [0, 0.1) is 11.8 Å². The van der Waals surface area contributed by atoms with Crippen molar-refractivity contribution in [3.8, 4) is 0 Å². The molecule has 0 saturated heterocycles. The van der Waals surface area contributed by atoms with Crippen molar-refractivity contribution in [1.29, 1.82) is 0 Å². The lowest BCUT2D eigenvalue weighted by atomic mass is 9.80. The van der Waals surface area contributed by atoms with Crippen molar-refractivity contribution in [1.82, 2.24) is 0 Å². The number of hydrogen-bond acceptors (Lipinski definition) is 3. The molecule has 0 aromatic carbocycles. The Morgan fingerprint density at radius 2 is 1.54 bits per heavy atom. The average molecular weight is 367 g/mol. The molecular weight excluding hydrogens is 328 g/mol. The van der Waals surface area contributed by atoms with E-state index in [1.54, 1.807) is 0 Å². The molecule has 150 valence electrons. The van der Waals surface area contributed by atoms with Crippen LogP contribution in [0.1, 0.15) is 71.6 Å². The van der Waals surface area contributed by atoms with E-state index in [4.69, 9.17) is 5.11 Å². The molecule has 0 rings (SSSR count). The highest BCUT2D eigenvalue weighted by atomic mass is 16.4. The van der Waals surface area contributed by atoms with Crippen LogP contribution in [0.5, 0.6) is 0 Å². The fourth-order valence-electron chi connectivity index (χ4n) is 3.10. The van der Waals surface area contributed by atoms with Crippen molar-refractivity contribution in [2.45, 2.75) is 77.7 Å². The molecule has 0 bridgehead atoms. The molecule has 0 aromatic rings. The van der Waals surface area contributed by atoms with E-state index >= 15 is 0 Å². The quantitative estimate of drug-likeness (QED) is 0.340. The zero-order valence-corrected chi connectivity index (χ0v) is 16.5. The van der Waals surface area contributed by atoms with E-state index in [1.165, 1.54) is 0 Å². The van der Waals surface area contributed by atoms with Crippen molar-refractivity contribution >= 4 is 5.97 Å². The second-order valence-electron chi connectivity index (χ2n) is 6.72. The number of unbranched alkanes of at least 4 members (excludes halogenated alkanes) is 1. The molecule has 0 heterocycles. The number of aliphatic hydroxyl groups excluding tert-OH is 2. The molecule has 3 N–H and O–H groups in total. The molecule has 0 saturated carbocycles. The lowest BCUT2D eigenvalue weighted by Crippen LogP contribution is -2.35. The summed E-state index contributed by atoms with van der Waals surface area (Å²) >= 11 is 0. The van der Waals surface area contributed by atoms with E-state index in [-0.39, 0.29) is 18.9 Å². The highest BCUT2D eigenvalue weighted by Gasteiger charge is 2.33. The summed E-state index contributed by atoms with van der Waals surface area (Å²) in [6, 6.07) is 0. The van der Waals surface area contributed by atoms with Gasteiger partial charge in [-0.15, -0.1) is 0 Å². The van der Waals surface area contributed by atoms with Crippen molar-refractivity contribution in [3.63, 3.8) is 0 Å². The van der Waals surface area contributed by atoms with Gasteiger partial charge in [0, 0.05) is 6.61 Å². The number of carboxylic acid groups (broad SMARTS) is 1. The molecule has 0 unspecified atom stereocenters. The molecule has 0 aliphatic carbocycles. The Morgan fingerprint density at radius 3 is 2.08 bits per heavy atom. The minimum Gasteiger partial charge on any atom is -0.481 e. The van der Waals surface area contributed by atoms with Gasteiger partial charge in [-0.25, -0.2) is 0 Å². The van der Waals surface area contributed by atoms with Gasteiger partial charge in [0.1, 0.15) is 0 Å². The summed E-state index contributed by atoms with van der Waals surface area (Å²) in [5.41, 5.74) is 0. The topological polar surface area (TPSA) is 77.8 Å². The van der Waals surface area contributed by atoms with Crippen LogP contribution in [0.25, 0.3) is 0 Å². The number of hydrogen-bond donors (Lipinski definition) is 3. The van der Waals surface area contributed by atoms with Gasteiger partial charge in [0.05, 0.1) is 12.0 Å². The van der Waals surface area contributed by atoms with Crippen LogP contribution >= 0.6 is 0 Å². The summed E-state index contributed by atoms with van der Waals surface area (Å²) in [5.74, 6) is -1.82. The van der Waals surface area contributed by atoms with E-state index in [2.05, 4.69) is 50.3 Å². The Morgan fingerprint density at radius 1 is 0.923 bits per heavy atom. The Bertz CT molecular complexity index is 426. The van der Waals surface area contributed by atoms with Gasteiger partial charge in [-0.2, -0.15) is 0 Å². The summed E-state index contributed by atoms with van der Waals surface area (Å²) in [4.78, 5) is 11.6. The Balaban J connectivity index is 4.49. The average Bonchev–Trinajstić information content (AvgIpc) is 2.60. The summed E-state index contributed by atoms with van der Waals surface area (Å²) in [6.07, 6.45) is 19.2. The molecule has 0 fully saturated rings. The standard InChI is InChI=1S/C22H38O4/c1-3-5-7-8-9-10-11-12-13-14-16-19(15-6-4-2)21(22(25)26)20(24)17-18-23/h5,7,9-10,12-13,19-21,23-24H,3-4,6,8,11,14-18H2,1-2H3,(H,25,26)/b7-5-,10-9-,13-12-/t19-,20-,21-/m1/s1. The SMILES string of the molecule is CC/C=C\C/C=C\C/C=C\CC[C@@H](CCCC)[C@@H](C(=O)O)[C@H](O)CCO. The molecule has 0 aromatic heterocycles. The van der Waals surface area contributed by atoms with Gasteiger partial charge in [0.25, 0.3) is 0 Å². The molecule has 4 heteroatoms. The molecule has 0 amide bonds. The van der Waals surface area contributed by atoms with Crippen LogP contribution in [0.2, 0.25) is 0 Å². The summed E-state index contributed by atoms with van der Waals surface area (Å²) in [6.45, 7) is 4.01. The zero-order valence-electron chi connectivity index (χ0n) is 16.5. The number of rotatable bonds is 16. The number of allylic oxidation sites excluding steroid dienone is 6. The molecule has 4 nitrogen and oxygen atoms in total. The van der Waals surface area contributed by atoms with Crippen LogP contribution in [-0.2, 0) is 4.79 Å². The van der Waals surface area contributed by atoms with Crippen molar-refractivity contribution in [2.24, 2.45) is 11.8 Å². The lowest BCUT2D eigenvalue weighted by molar-refractivity contribution is -0.149. The highest BCUT2D eigenvalue weighted by molar-refractivity contribution is 5.71. The summed E-state index contributed by atoms with van der Waals surface area (Å²) in [5, 5.41) is 28.7. The third-order valence-corrected chi connectivity index (χ3v) is 4.55. The van der Waals surface area contributed by atoms with E-state index in [9.17, 15) is 15.0 Å². The van der Waals surface area contributed by atoms with Crippen molar-refractivity contribution < 1.29 is 20.1 Å². The van der Waals surface area contributed by atoms with Crippen LogP contribution < -0.4 is 0 Å². The molecule has 0 radical (unpaired) electrons. The fourth-order valence-corrected chi connectivity index (χ4v) is 3.10. The Hall–Kier alpha value is -1.39. The van der Waals surface area contributed by atoms with Gasteiger partial charge < -0.3 is 15.3 Å². The van der Waals surface area contributed by atoms with Gasteiger partial charge in [0.15, 0.2) is 0 Å². The van der Waals surface area contributed by atoms with Crippen LogP contribution in [0.3, 0.4) is 0 Å². The van der Waals surface area contributed by atoms with Gasteiger partial charge >= 0.3 is 5.97 Å². The summed E-state index contributed by atoms with van der Waals surface area (Å²) in [7, 11) is 0. The maximum absolute atomic E-state index is 11.6. The van der Waals surface area contributed by atoms with Crippen molar-refractivity contribution in [2.75, 3.05) is 6.61 Å². The monoisotopic (exact) mass is 366 g/mol. The Kier molecular flexibility index (Phi) is 16.1. The Labute approximate surface area is 159 Å². The third-order valence-electron chi connectivity index (χ3n) is 4.55. The van der Waals surface area contributed by atoms with Gasteiger partial charge in [-0.3, -0.25) is 4.79 Å². The first-order chi connectivity index (χ1) is 12.6. The van der Waals surface area contributed by atoms with Gasteiger partial charge in [0.2, 0.25) is 0 Å². The fraction of sp³-hybridized carbons (Fsp3) is 0.682. The number of carbonyl (C=O) groups is 1. The smallest absolute Gasteiger partial charge is 0.309 e. The molecule has 0 aliphatic rings. The number of aliphatic hydroxyl groups is 2. The van der Waals surface area contributed by atoms with E-state index in [0.29, 0.717) is 0 Å². The van der Waals surface area contributed by atoms with E-state index in [1.807, 2.05) is 0 Å². The third kappa shape index (κ3) is 12.0. The second-order valence-corrected chi connectivity index (χ2v) is 6.72. The van der Waals surface area contributed by atoms with E-state index in [0.717, 1.165) is 51.4 Å². The second kappa shape index (κ2) is 17.0. The van der Waals surface area contributed by atoms with E-state index < -0.39 is 18.0 Å². The predicted molar refractivity (Wildman–Crippen MR) is 108 cm³/mol. The highest BCUT2D eigenvalue weighted by Crippen LogP contribution is 2.28. The first-order valence-corrected chi connectivity index (χ1v) is 10.0. The minimum atomic E-state index is -0.984.